The predicted molar refractivity (Wildman–Crippen MR) is 138 cm³/mol. The maximum atomic E-state index is 14.1. The van der Waals surface area contributed by atoms with Crippen molar-refractivity contribution in [3.05, 3.63) is 82.0 Å². The highest BCUT2D eigenvalue weighted by atomic mass is 16.2. The van der Waals surface area contributed by atoms with E-state index in [2.05, 4.69) is 12.0 Å². The number of carbonyl (C=O) groups excluding carboxylic acids is 2. The molecule has 7 heteroatoms. The molecule has 186 valence electrons. The van der Waals surface area contributed by atoms with Crippen LogP contribution in [0.15, 0.2) is 59.7 Å². The molecule has 1 aromatic carbocycles. The first-order valence-electron chi connectivity index (χ1n) is 13.0. The van der Waals surface area contributed by atoms with Crippen LogP contribution in [-0.4, -0.2) is 32.5 Å². The van der Waals surface area contributed by atoms with Crippen LogP contribution in [0.4, 0.5) is 0 Å². The number of benzene rings is 1. The van der Waals surface area contributed by atoms with E-state index >= 15 is 0 Å². The normalized spacial score (nSPS) is 17.1. The zero-order valence-electron chi connectivity index (χ0n) is 21.2. The van der Waals surface area contributed by atoms with E-state index in [4.69, 9.17) is 0 Å². The lowest BCUT2D eigenvalue weighted by molar-refractivity contribution is -0.577. The zero-order valence-corrected chi connectivity index (χ0v) is 21.2. The number of imide groups is 1. The van der Waals surface area contributed by atoms with Crippen LogP contribution in [0.3, 0.4) is 0 Å². The summed E-state index contributed by atoms with van der Waals surface area (Å²) in [5.74, 6) is -0.754. The van der Waals surface area contributed by atoms with Crippen molar-refractivity contribution in [2.24, 2.45) is 0 Å². The van der Waals surface area contributed by atoms with Gasteiger partial charge < -0.3 is 0 Å². The van der Waals surface area contributed by atoms with Crippen LogP contribution in [-0.2, 0) is 16.0 Å². The summed E-state index contributed by atoms with van der Waals surface area (Å²) in [4.78, 5) is 43.3. The highest BCUT2D eigenvalue weighted by Gasteiger charge is 2.50. The lowest BCUT2D eigenvalue weighted by Crippen LogP contribution is -2.45. The van der Waals surface area contributed by atoms with Gasteiger partial charge >= 0.3 is 5.91 Å². The summed E-state index contributed by atoms with van der Waals surface area (Å²) >= 11 is 0. The second-order valence-corrected chi connectivity index (χ2v) is 9.99. The molecule has 0 atom stereocenters. The van der Waals surface area contributed by atoms with Gasteiger partial charge in [0.25, 0.3) is 17.2 Å². The van der Waals surface area contributed by atoms with E-state index in [-0.39, 0.29) is 46.2 Å². The number of hydrogen-bond acceptors (Lipinski definition) is 3. The molecule has 2 aromatic heterocycles. The van der Waals surface area contributed by atoms with Crippen molar-refractivity contribution in [3.8, 4) is 5.69 Å². The minimum atomic E-state index is -0.368. The number of aryl methyl sites for hydroxylation is 1. The Morgan fingerprint density at radius 2 is 1.61 bits per heavy atom. The van der Waals surface area contributed by atoms with Crippen LogP contribution < -0.4 is 10.1 Å². The standard InChI is InChI=1S/C29H32N4O3/c1-4-20-15-17-31(18-16-20)26-24(27(34)32(29(26)36)21-11-7-5-8-12-21)23-25(19(2)3)30-33(28(23)35)22-13-9-6-10-14-22/h6,9-10,13-19,21H,4-5,7-8,11-12H2,1-3H3/p+1. The number of hydrogen-bond donors (Lipinski definition) is 1. The molecule has 0 saturated heterocycles. The molecule has 2 aliphatic rings. The Balaban J connectivity index is 1.74. The molecule has 0 spiro atoms. The molecule has 2 amide bonds. The predicted octanol–water partition coefficient (Wildman–Crippen LogP) is 4.21. The van der Waals surface area contributed by atoms with E-state index in [1.807, 2.05) is 68.7 Å². The molecule has 1 fully saturated rings. The van der Waals surface area contributed by atoms with Gasteiger partial charge in [0.05, 0.1) is 11.3 Å². The Hall–Kier alpha value is -3.74. The highest BCUT2D eigenvalue weighted by Crippen LogP contribution is 2.36. The Kier molecular flexibility index (Phi) is 6.48. The number of carbonyl (C=O) groups is 2. The van der Waals surface area contributed by atoms with Crippen LogP contribution in [0.5, 0.6) is 0 Å². The summed E-state index contributed by atoms with van der Waals surface area (Å²) in [7, 11) is 0. The molecular weight excluding hydrogens is 452 g/mol. The third-order valence-corrected chi connectivity index (χ3v) is 7.36. The number of para-hydroxylation sites is 1. The molecule has 5 rings (SSSR count). The molecule has 7 nitrogen and oxygen atoms in total. The van der Waals surface area contributed by atoms with Crippen molar-refractivity contribution < 1.29 is 14.2 Å². The molecule has 1 aliphatic heterocycles. The smallest absolute Gasteiger partial charge is 0.294 e. The Labute approximate surface area is 211 Å². The van der Waals surface area contributed by atoms with Gasteiger partial charge in [-0.15, -0.1) is 0 Å². The minimum absolute atomic E-state index is 0.0643. The molecule has 3 aromatic rings. The first kappa shape index (κ1) is 24.0. The lowest BCUT2D eigenvalue weighted by atomic mass is 9.94. The fourth-order valence-corrected chi connectivity index (χ4v) is 5.39. The number of amides is 2. The monoisotopic (exact) mass is 485 g/mol. The fraction of sp³-hybridized carbons (Fsp3) is 0.379. The number of rotatable bonds is 6. The number of nitrogens with one attached hydrogen (secondary N) is 1. The van der Waals surface area contributed by atoms with Gasteiger partial charge in [-0.1, -0.05) is 58.2 Å². The van der Waals surface area contributed by atoms with Gasteiger partial charge in [0.15, 0.2) is 12.4 Å². The van der Waals surface area contributed by atoms with Crippen molar-refractivity contribution in [2.75, 3.05) is 0 Å². The minimum Gasteiger partial charge on any atom is -0.294 e. The number of H-pyrrole nitrogens is 1. The topological polar surface area (TPSA) is 79.1 Å². The van der Waals surface area contributed by atoms with Gasteiger partial charge in [-0.25, -0.2) is 4.68 Å². The Morgan fingerprint density at radius 3 is 2.22 bits per heavy atom. The second-order valence-electron chi connectivity index (χ2n) is 9.99. The molecule has 0 unspecified atom stereocenters. The molecular formula is C29H33N4O3+. The molecule has 0 radical (unpaired) electrons. The number of aromatic amines is 1. The third-order valence-electron chi connectivity index (χ3n) is 7.36. The van der Waals surface area contributed by atoms with Crippen molar-refractivity contribution in [1.82, 2.24) is 14.7 Å². The van der Waals surface area contributed by atoms with Crippen molar-refractivity contribution in [1.29, 1.82) is 0 Å². The number of nitrogens with zero attached hydrogens (tertiary/aromatic N) is 3. The van der Waals surface area contributed by atoms with Gasteiger partial charge in [0.2, 0.25) is 0 Å². The van der Waals surface area contributed by atoms with Crippen LogP contribution >= 0.6 is 0 Å². The molecule has 36 heavy (non-hydrogen) atoms. The van der Waals surface area contributed by atoms with Crippen molar-refractivity contribution >= 4 is 23.1 Å². The van der Waals surface area contributed by atoms with E-state index in [1.165, 1.54) is 9.58 Å². The summed E-state index contributed by atoms with van der Waals surface area (Å²) in [5, 5.41) is 3.24. The Bertz CT molecular complexity index is 1370. The summed E-state index contributed by atoms with van der Waals surface area (Å²) in [6.07, 6.45) is 9.21. The van der Waals surface area contributed by atoms with Gasteiger partial charge in [-0.05, 0) is 42.9 Å². The zero-order chi connectivity index (χ0) is 25.4. The maximum absolute atomic E-state index is 14.1. The first-order chi connectivity index (χ1) is 17.4. The van der Waals surface area contributed by atoms with Crippen LogP contribution in [0, 0.1) is 0 Å². The average molecular weight is 486 g/mol. The SMILES string of the molecule is CCc1cc[n+](C2=C(c3c(C(C)C)[nH]n(-c4ccccc4)c3=O)C(=O)N(C3CCCCC3)C2=O)cc1. The van der Waals surface area contributed by atoms with Crippen molar-refractivity contribution in [2.45, 2.75) is 71.3 Å². The number of pyridine rings is 1. The van der Waals surface area contributed by atoms with Crippen molar-refractivity contribution in [3.63, 3.8) is 0 Å². The fourth-order valence-electron chi connectivity index (χ4n) is 5.39. The van der Waals surface area contributed by atoms with Crippen LogP contribution in [0.25, 0.3) is 17.0 Å². The largest absolute Gasteiger partial charge is 0.327 e. The van der Waals surface area contributed by atoms with Gasteiger partial charge in [0.1, 0.15) is 5.57 Å². The highest BCUT2D eigenvalue weighted by molar-refractivity contribution is 6.44. The molecule has 1 N–H and O–H groups in total. The second kappa shape index (κ2) is 9.72. The van der Waals surface area contributed by atoms with E-state index in [0.29, 0.717) is 11.4 Å². The quantitative estimate of drug-likeness (QED) is 0.420. The maximum Gasteiger partial charge on any atom is 0.327 e. The lowest BCUT2D eigenvalue weighted by Gasteiger charge is -2.29. The van der Waals surface area contributed by atoms with E-state index in [9.17, 15) is 14.4 Å². The average Bonchev–Trinajstić information content (AvgIpc) is 3.37. The van der Waals surface area contributed by atoms with Crippen LogP contribution in [0.2, 0.25) is 0 Å². The van der Waals surface area contributed by atoms with Gasteiger partial charge in [-0.2, -0.15) is 4.57 Å². The van der Waals surface area contributed by atoms with Gasteiger partial charge in [-0.3, -0.25) is 24.4 Å². The van der Waals surface area contributed by atoms with Crippen LogP contribution in [0.1, 0.15) is 75.6 Å². The summed E-state index contributed by atoms with van der Waals surface area (Å²) in [6.45, 7) is 6.03. The summed E-state index contributed by atoms with van der Waals surface area (Å²) < 4.78 is 3.18. The van der Waals surface area contributed by atoms with E-state index < -0.39 is 0 Å². The van der Waals surface area contributed by atoms with Gasteiger partial charge in [0, 0.05) is 23.9 Å². The van der Waals surface area contributed by atoms with E-state index in [0.717, 1.165) is 44.1 Å². The number of aromatic nitrogens is 3. The third kappa shape index (κ3) is 4.02. The molecule has 0 bridgehead atoms. The first-order valence-corrected chi connectivity index (χ1v) is 13.0. The van der Waals surface area contributed by atoms with E-state index in [1.54, 1.807) is 4.57 Å². The molecule has 1 saturated carbocycles. The molecule has 1 aliphatic carbocycles. The molecule has 3 heterocycles. The summed E-state index contributed by atoms with van der Waals surface area (Å²) in [5.41, 5.74) is 2.87. The Morgan fingerprint density at radius 1 is 0.944 bits per heavy atom. The summed E-state index contributed by atoms with van der Waals surface area (Å²) in [6, 6.07) is 13.1.